The summed E-state index contributed by atoms with van der Waals surface area (Å²) in [7, 11) is 0. The minimum Gasteiger partial charge on any atom is -0.466 e. The summed E-state index contributed by atoms with van der Waals surface area (Å²) in [6.45, 7) is 3.62. The van der Waals surface area contributed by atoms with E-state index in [2.05, 4.69) is 4.99 Å². The Morgan fingerprint density at radius 1 is 1.20 bits per heavy atom. The van der Waals surface area contributed by atoms with Crippen molar-refractivity contribution in [2.75, 3.05) is 38.6 Å². The minimum atomic E-state index is -0.498. The van der Waals surface area contributed by atoms with Crippen LogP contribution in [0.5, 0.6) is 0 Å². The molecule has 0 radical (unpaired) electrons. The average molecular weight is 451 g/mol. The first-order valence-corrected chi connectivity index (χ1v) is 12.0. The molecule has 1 amide bonds. The van der Waals surface area contributed by atoms with Gasteiger partial charge in [-0.05, 0) is 31.4 Å². The van der Waals surface area contributed by atoms with Gasteiger partial charge in [-0.2, -0.15) is 0 Å². The van der Waals surface area contributed by atoms with Crippen molar-refractivity contribution < 1.29 is 23.9 Å². The quantitative estimate of drug-likeness (QED) is 0.591. The number of nitrogens with zero attached hydrogens (tertiary/aromatic N) is 2. The second kappa shape index (κ2) is 11.4. The number of piperidine rings is 1. The number of rotatable bonds is 7. The Balaban J connectivity index is 1.47. The van der Waals surface area contributed by atoms with E-state index in [0.29, 0.717) is 43.9 Å². The smallest absolute Gasteiger partial charge is 0.338 e. The van der Waals surface area contributed by atoms with Crippen LogP contribution in [0.2, 0.25) is 0 Å². The lowest BCUT2D eigenvalue weighted by atomic mass is 9.97. The maximum absolute atomic E-state index is 12.6. The summed E-state index contributed by atoms with van der Waals surface area (Å²) in [4.78, 5) is 42.9. The zero-order chi connectivity index (χ0) is 21.3. The molecule has 0 bridgehead atoms. The molecule has 2 heterocycles. The Bertz CT molecular complexity index is 806. The van der Waals surface area contributed by atoms with E-state index in [9.17, 15) is 14.4 Å². The SMILES string of the molecule is CCOC(=O)C1CCN(C(=O)COC(=O)c2ccccc2CSC2=NCCS2)CC1. The Morgan fingerprint density at radius 3 is 2.67 bits per heavy atom. The van der Waals surface area contributed by atoms with Crippen LogP contribution in [-0.4, -0.2) is 65.7 Å². The predicted molar refractivity (Wildman–Crippen MR) is 119 cm³/mol. The zero-order valence-corrected chi connectivity index (χ0v) is 18.6. The molecule has 0 spiro atoms. The summed E-state index contributed by atoms with van der Waals surface area (Å²) in [5, 5.41) is 0. The molecule has 1 aromatic rings. The normalized spacial score (nSPS) is 16.8. The highest BCUT2D eigenvalue weighted by atomic mass is 32.2. The van der Waals surface area contributed by atoms with Gasteiger partial charge in [0.1, 0.15) is 4.38 Å². The van der Waals surface area contributed by atoms with Gasteiger partial charge in [-0.3, -0.25) is 14.6 Å². The van der Waals surface area contributed by atoms with Crippen molar-refractivity contribution in [2.24, 2.45) is 10.9 Å². The Labute approximate surface area is 185 Å². The molecule has 0 unspecified atom stereocenters. The molecule has 1 aromatic carbocycles. The molecule has 9 heteroatoms. The van der Waals surface area contributed by atoms with Gasteiger partial charge < -0.3 is 14.4 Å². The van der Waals surface area contributed by atoms with Crippen LogP contribution in [-0.2, 0) is 24.8 Å². The van der Waals surface area contributed by atoms with E-state index in [1.165, 1.54) is 0 Å². The summed E-state index contributed by atoms with van der Waals surface area (Å²) in [6.07, 6.45) is 1.14. The van der Waals surface area contributed by atoms with E-state index in [1.54, 1.807) is 47.5 Å². The molecular formula is C21H26N2O5S2. The zero-order valence-electron chi connectivity index (χ0n) is 17.0. The lowest BCUT2D eigenvalue weighted by Gasteiger charge is -2.30. The fourth-order valence-corrected chi connectivity index (χ4v) is 5.32. The Morgan fingerprint density at radius 2 is 1.97 bits per heavy atom. The van der Waals surface area contributed by atoms with Gasteiger partial charge in [0.2, 0.25) is 0 Å². The highest BCUT2D eigenvalue weighted by molar-refractivity contribution is 8.38. The van der Waals surface area contributed by atoms with Crippen LogP contribution in [0.3, 0.4) is 0 Å². The second-order valence-corrected chi connectivity index (χ2v) is 9.23. The van der Waals surface area contributed by atoms with Crippen molar-refractivity contribution in [3.8, 4) is 0 Å². The van der Waals surface area contributed by atoms with Gasteiger partial charge in [0.25, 0.3) is 5.91 Å². The van der Waals surface area contributed by atoms with Gasteiger partial charge >= 0.3 is 11.9 Å². The molecule has 1 saturated heterocycles. The Kier molecular flexibility index (Phi) is 8.62. The summed E-state index contributed by atoms with van der Waals surface area (Å²) in [6, 6.07) is 7.28. The molecule has 0 aliphatic carbocycles. The molecule has 162 valence electrons. The number of carbonyl (C=O) groups is 3. The van der Waals surface area contributed by atoms with Crippen LogP contribution in [0.25, 0.3) is 0 Å². The first kappa shape index (κ1) is 22.7. The Hall–Kier alpha value is -2.00. The molecule has 0 atom stereocenters. The van der Waals surface area contributed by atoms with Gasteiger partial charge in [0.15, 0.2) is 6.61 Å². The van der Waals surface area contributed by atoms with Crippen molar-refractivity contribution in [1.82, 2.24) is 4.90 Å². The number of esters is 2. The van der Waals surface area contributed by atoms with Crippen LogP contribution in [0.15, 0.2) is 29.3 Å². The van der Waals surface area contributed by atoms with E-state index < -0.39 is 5.97 Å². The summed E-state index contributed by atoms with van der Waals surface area (Å²) < 4.78 is 11.4. The molecule has 1 fully saturated rings. The first-order chi connectivity index (χ1) is 14.6. The maximum Gasteiger partial charge on any atom is 0.338 e. The van der Waals surface area contributed by atoms with Crippen LogP contribution < -0.4 is 0 Å². The topological polar surface area (TPSA) is 85.3 Å². The second-order valence-electron chi connectivity index (χ2n) is 6.93. The number of carbonyl (C=O) groups excluding carboxylic acids is 3. The van der Waals surface area contributed by atoms with Crippen molar-refractivity contribution in [2.45, 2.75) is 25.5 Å². The first-order valence-electron chi connectivity index (χ1n) is 10.1. The van der Waals surface area contributed by atoms with E-state index in [0.717, 1.165) is 22.2 Å². The van der Waals surface area contributed by atoms with E-state index in [1.807, 2.05) is 12.1 Å². The van der Waals surface area contributed by atoms with Crippen LogP contribution in [0.4, 0.5) is 0 Å². The minimum absolute atomic E-state index is 0.163. The molecule has 30 heavy (non-hydrogen) atoms. The van der Waals surface area contributed by atoms with Gasteiger partial charge in [0, 0.05) is 24.6 Å². The van der Waals surface area contributed by atoms with E-state index >= 15 is 0 Å². The number of thioether (sulfide) groups is 2. The number of hydrogen-bond acceptors (Lipinski definition) is 8. The third-order valence-corrected chi connectivity index (χ3v) is 7.24. The predicted octanol–water partition coefficient (Wildman–Crippen LogP) is 2.98. The number of ether oxygens (including phenoxy) is 2. The van der Waals surface area contributed by atoms with Crippen molar-refractivity contribution in [3.05, 3.63) is 35.4 Å². The number of aliphatic imine (C=N–C) groups is 1. The summed E-state index contributed by atoms with van der Waals surface area (Å²) in [5.41, 5.74) is 1.34. The lowest BCUT2D eigenvalue weighted by Crippen LogP contribution is -2.42. The van der Waals surface area contributed by atoms with Gasteiger partial charge in [0.05, 0.1) is 24.6 Å². The van der Waals surface area contributed by atoms with Crippen LogP contribution in [0.1, 0.15) is 35.7 Å². The number of benzene rings is 1. The van der Waals surface area contributed by atoms with Crippen molar-refractivity contribution in [1.29, 1.82) is 0 Å². The van der Waals surface area contributed by atoms with E-state index in [4.69, 9.17) is 9.47 Å². The van der Waals surface area contributed by atoms with Crippen molar-refractivity contribution >= 4 is 45.7 Å². The highest BCUT2D eigenvalue weighted by Gasteiger charge is 2.28. The lowest BCUT2D eigenvalue weighted by molar-refractivity contribution is -0.151. The maximum atomic E-state index is 12.6. The molecule has 2 aliphatic rings. The molecule has 3 rings (SSSR count). The third-order valence-electron chi connectivity index (χ3n) is 4.94. The standard InChI is InChI=1S/C21H26N2O5S2/c1-2-27-19(25)15-7-10-23(11-8-15)18(24)13-28-20(26)17-6-4-3-5-16(17)14-30-21-22-9-12-29-21/h3-6,15H,2,7-14H2,1H3. The van der Waals surface area contributed by atoms with Crippen LogP contribution in [0, 0.1) is 5.92 Å². The van der Waals surface area contributed by atoms with Gasteiger partial charge in [-0.25, -0.2) is 4.79 Å². The molecule has 0 saturated carbocycles. The molecule has 2 aliphatic heterocycles. The fraction of sp³-hybridized carbons (Fsp3) is 0.524. The molecule has 0 aromatic heterocycles. The van der Waals surface area contributed by atoms with Crippen LogP contribution >= 0.6 is 23.5 Å². The third kappa shape index (κ3) is 6.25. The summed E-state index contributed by atoms with van der Waals surface area (Å²) >= 11 is 3.34. The number of likely N-dealkylation sites (tertiary alicyclic amines) is 1. The molecule has 7 nitrogen and oxygen atoms in total. The largest absolute Gasteiger partial charge is 0.466 e. The summed E-state index contributed by atoms with van der Waals surface area (Å²) in [5.74, 6) is 0.532. The average Bonchev–Trinajstić information content (AvgIpc) is 3.30. The van der Waals surface area contributed by atoms with Gasteiger partial charge in [-0.15, -0.1) is 0 Å². The highest BCUT2D eigenvalue weighted by Crippen LogP contribution is 2.26. The molecule has 0 N–H and O–H groups in total. The van der Waals surface area contributed by atoms with Gasteiger partial charge in [-0.1, -0.05) is 41.7 Å². The monoisotopic (exact) mass is 450 g/mol. The number of amides is 1. The number of hydrogen-bond donors (Lipinski definition) is 0. The molecular weight excluding hydrogens is 424 g/mol. The van der Waals surface area contributed by atoms with E-state index in [-0.39, 0.29) is 24.4 Å². The van der Waals surface area contributed by atoms with Crippen molar-refractivity contribution in [3.63, 3.8) is 0 Å². The fourth-order valence-electron chi connectivity index (χ4n) is 3.31.